The minimum absolute atomic E-state index is 0.143. The monoisotopic (exact) mass is 390 g/mol. The van der Waals surface area contributed by atoms with Crippen molar-refractivity contribution in [2.45, 2.75) is 32.2 Å². The summed E-state index contributed by atoms with van der Waals surface area (Å²) in [5.74, 6) is -0.303. The van der Waals surface area contributed by atoms with Crippen molar-refractivity contribution in [2.24, 2.45) is 23.7 Å². The van der Waals surface area contributed by atoms with Gasteiger partial charge in [-0.2, -0.15) is 0 Å². The van der Waals surface area contributed by atoms with Crippen molar-refractivity contribution in [1.82, 2.24) is 4.90 Å². The lowest BCUT2D eigenvalue weighted by Crippen LogP contribution is -2.46. The number of rotatable bonds is 3. The third kappa shape index (κ3) is 2.31. The zero-order chi connectivity index (χ0) is 17.0. The normalized spacial score (nSPS) is 32.2. The second-order valence-corrected chi connectivity index (χ2v) is 8.02. The zero-order valence-electron chi connectivity index (χ0n) is 13.4. The van der Waals surface area contributed by atoms with Crippen LogP contribution in [0.15, 0.2) is 28.7 Å². The molecule has 6 heteroatoms. The van der Waals surface area contributed by atoms with E-state index in [0.29, 0.717) is 17.5 Å². The maximum Gasteiger partial charge on any atom is 0.247 e. The highest BCUT2D eigenvalue weighted by Crippen LogP contribution is 2.56. The van der Waals surface area contributed by atoms with Crippen LogP contribution in [0, 0.1) is 23.7 Å². The molecule has 2 saturated carbocycles. The molecule has 1 aliphatic heterocycles. The molecule has 4 rings (SSSR count). The van der Waals surface area contributed by atoms with Gasteiger partial charge in [-0.3, -0.25) is 19.3 Å². The molecule has 3 fully saturated rings. The molecule has 1 aromatic carbocycles. The van der Waals surface area contributed by atoms with Crippen molar-refractivity contribution in [3.63, 3.8) is 0 Å². The second kappa shape index (κ2) is 5.69. The van der Waals surface area contributed by atoms with E-state index in [-0.39, 0.29) is 29.6 Å². The summed E-state index contributed by atoms with van der Waals surface area (Å²) >= 11 is 3.34. The van der Waals surface area contributed by atoms with E-state index in [2.05, 4.69) is 21.2 Å². The van der Waals surface area contributed by atoms with Crippen LogP contribution in [-0.2, 0) is 14.4 Å². The first kappa shape index (κ1) is 15.8. The van der Waals surface area contributed by atoms with Crippen molar-refractivity contribution in [3.05, 3.63) is 28.7 Å². The van der Waals surface area contributed by atoms with Gasteiger partial charge in [0.05, 0.1) is 11.8 Å². The van der Waals surface area contributed by atoms with Crippen LogP contribution < -0.4 is 5.32 Å². The summed E-state index contributed by atoms with van der Waals surface area (Å²) in [6.07, 6.45) is 3.08. The molecule has 0 aromatic heterocycles. The summed E-state index contributed by atoms with van der Waals surface area (Å²) in [6, 6.07) is 6.43. The topological polar surface area (TPSA) is 66.5 Å². The number of imide groups is 1. The second-order valence-electron chi connectivity index (χ2n) is 7.10. The average molecular weight is 391 g/mol. The van der Waals surface area contributed by atoms with Crippen molar-refractivity contribution in [2.75, 3.05) is 5.32 Å². The lowest BCUT2D eigenvalue weighted by molar-refractivity contribution is -0.146. The van der Waals surface area contributed by atoms with Crippen LogP contribution in [0.3, 0.4) is 0 Å². The van der Waals surface area contributed by atoms with E-state index in [1.54, 1.807) is 19.1 Å². The van der Waals surface area contributed by atoms with Gasteiger partial charge in [-0.15, -0.1) is 0 Å². The van der Waals surface area contributed by atoms with E-state index in [0.717, 1.165) is 23.7 Å². The Morgan fingerprint density at radius 1 is 1.12 bits per heavy atom. The predicted molar refractivity (Wildman–Crippen MR) is 91.9 cm³/mol. The standard InChI is InChI=1S/C18H19BrN2O3/c1-9(16(22)20-13-6-4-12(19)5-7-13)21-17(23)14-10-2-3-11(8-10)15(14)18(21)24/h4-7,9-11,14-15H,2-3,8H2,1H3,(H,20,22)/t9-,10-,11-,14-,15+/m0/s1. The number of hydrogen-bond acceptors (Lipinski definition) is 3. The van der Waals surface area contributed by atoms with E-state index >= 15 is 0 Å². The van der Waals surface area contributed by atoms with Gasteiger partial charge in [-0.05, 0) is 62.3 Å². The molecular weight excluding hydrogens is 372 g/mol. The molecule has 5 nitrogen and oxygen atoms in total. The smallest absolute Gasteiger partial charge is 0.247 e. The number of hydrogen-bond donors (Lipinski definition) is 1. The summed E-state index contributed by atoms with van der Waals surface area (Å²) in [7, 11) is 0. The molecular formula is C18H19BrN2O3. The van der Waals surface area contributed by atoms with E-state index in [1.807, 2.05) is 12.1 Å². The molecule has 0 unspecified atom stereocenters. The summed E-state index contributed by atoms with van der Waals surface area (Å²) in [4.78, 5) is 39.2. The third-order valence-corrected chi connectivity index (χ3v) is 6.37. The number of halogens is 1. The van der Waals surface area contributed by atoms with Crippen LogP contribution >= 0.6 is 15.9 Å². The van der Waals surface area contributed by atoms with Crippen LogP contribution in [-0.4, -0.2) is 28.7 Å². The number of carbonyl (C=O) groups excluding carboxylic acids is 3. The minimum atomic E-state index is -0.779. The molecule has 5 atom stereocenters. The Hall–Kier alpha value is -1.69. The fourth-order valence-electron chi connectivity index (χ4n) is 4.71. The van der Waals surface area contributed by atoms with Gasteiger partial charge >= 0.3 is 0 Å². The fraction of sp³-hybridized carbons (Fsp3) is 0.500. The van der Waals surface area contributed by atoms with Gasteiger partial charge in [0.1, 0.15) is 6.04 Å². The van der Waals surface area contributed by atoms with Crippen molar-refractivity contribution < 1.29 is 14.4 Å². The Morgan fingerprint density at radius 3 is 2.21 bits per heavy atom. The molecule has 126 valence electrons. The van der Waals surface area contributed by atoms with E-state index < -0.39 is 6.04 Å². The first-order valence-corrected chi connectivity index (χ1v) is 9.20. The molecule has 3 aliphatic rings. The first-order chi connectivity index (χ1) is 11.5. The Bertz CT molecular complexity index is 689. The Balaban J connectivity index is 1.51. The average Bonchev–Trinajstić information content (AvgIpc) is 3.23. The Kier molecular flexibility index (Phi) is 3.75. The number of nitrogens with one attached hydrogen (secondary N) is 1. The molecule has 1 N–H and O–H groups in total. The zero-order valence-corrected chi connectivity index (χ0v) is 15.0. The summed E-state index contributed by atoms with van der Waals surface area (Å²) in [5, 5.41) is 2.78. The minimum Gasteiger partial charge on any atom is -0.324 e. The van der Waals surface area contributed by atoms with Gasteiger partial charge in [0.2, 0.25) is 17.7 Å². The molecule has 1 aromatic rings. The lowest BCUT2D eigenvalue weighted by Gasteiger charge is -2.23. The number of amides is 3. The molecule has 1 saturated heterocycles. The van der Waals surface area contributed by atoms with Crippen LogP contribution in [0.25, 0.3) is 0 Å². The highest BCUT2D eigenvalue weighted by atomic mass is 79.9. The largest absolute Gasteiger partial charge is 0.324 e. The number of carbonyl (C=O) groups is 3. The predicted octanol–water partition coefficient (Wildman–Crippen LogP) is 2.81. The van der Waals surface area contributed by atoms with Crippen molar-refractivity contribution in [1.29, 1.82) is 0 Å². The van der Waals surface area contributed by atoms with Crippen molar-refractivity contribution >= 4 is 39.3 Å². The molecule has 2 aliphatic carbocycles. The first-order valence-electron chi connectivity index (χ1n) is 8.40. The quantitative estimate of drug-likeness (QED) is 0.806. The van der Waals surface area contributed by atoms with Gasteiger partial charge in [0.15, 0.2) is 0 Å². The number of anilines is 1. The molecule has 2 bridgehead atoms. The van der Waals surface area contributed by atoms with Gasteiger partial charge < -0.3 is 5.32 Å². The fourth-order valence-corrected chi connectivity index (χ4v) is 4.98. The summed E-state index contributed by atoms with van der Waals surface area (Å²) in [6.45, 7) is 1.63. The number of fused-ring (bicyclic) bond motifs is 5. The summed E-state index contributed by atoms with van der Waals surface area (Å²) < 4.78 is 0.918. The number of nitrogens with zero attached hydrogens (tertiary/aromatic N) is 1. The molecule has 3 amide bonds. The molecule has 0 spiro atoms. The molecule has 1 heterocycles. The van der Waals surface area contributed by atoms with Crippen LogP contribution in [0.4, 0.5) is 5.69 Å². The Morgan fingerprint density at radius 2 is 1.67 bits per heavy atom. The molecule has 0 radical (unpaired) electrons. The number of benzene rings is 1. The van der Waals surface area contributed by atoms with E-state index in [1.165, 1.54) is 4.90 Å². The van der Waals surface area contributed by atoms with E-state index in [9.17, 15) is 14.4 Å². The SMILES string of the molecule is C[C@@H](C(=O)Nc1ccc(Br)cc1)N1C(=O)[C@@H]2[C@H]3CC[C@@H](C3)[C@@H]2C1=O. The highest BCUT2D eigenvalue weighted by Gasteiger charge is 2.62. The lowest BCUT2D eigenvalue weighted by atomic mass is 9.81. The van der Waals surface area contributed by atoms with Crippen molar-refractivity contribution in [3.8, 4) is 0 Å². The van der Waals surface area contributed by atoms with Gasteiger partial charge in [-0.1, -0.05) is 15.9 Å². The van der Waals surface area contributed by atoms with Crippen LogP contribution in [0.5, 0.6) is 0 Å². The highest BCUT2D eigenvalue weighted by molar-refractivity contribution is 9.10. The summed E-state index contributed by atoms with van der Waals surface area (Å²) in [5.41, 5.74) is 0.648. The maximum atomic E-state index is 12.7. The van der Waals surface area contributed by atoms with E-state index in [4.69, 9.17) is 0 Å². The van der Waals surface area contributed by atoms with Gasteiger partial charge in [0.25, 0.3) is 0 Å². The van der Waals surface area contributed by atoms with Gasteiger partial charge in [-0.25, -0.2) is 0 Å². The Labute approximate surface area is 148 Å². The molecule has 24 heavy (non-hydrogen) atoms. The van der Waals surface area contributed by atoms with Crippen LogP contribution in [0.1, 0.15) is 26.2 Å². The number of likely N-dealkylation sites (tertiary alicyclic amines) is 1. The van der Waals surface area contributed by atoms with Gasteiger partial charge in [0, 0.05) is 10.2 Å². The maximum absolute atomic E-state index is 12.7. The third-order valence-electron chi connectivity index (χ3n) is 5.84. The van der Waals surface area contributed by atoms with Crippen LogP contribution in [0.2, 0.25) is 0 Å².